The number of aryl methyl sites for hydroxylation is 1. The van der Waals surface area contributed by atoms with Gasteiger partial charge in [0.05, 0.1) is 16.8 Å². The first-order valence-corrected chi connectivity index (χ1v) is 5.46. The standard InChI is InChI=1S/C12H13FN2O/c1-7-4-9-10(5-8(7)13)15-11(16)12(2-3-12)6-14-9/h4-5,14H,2-3,6H2,1H3,(H,15,16). The molecule has 16 heavy (non-hydrogen) atoms. The number of amides is 1. The van der Waals surface area contributed by atoms with Gasteiger partial charge in [-0.3, -0.25) is 4.79 Å². The Bertz CT molecular complexity index is 480. The first-order valence-electron chi connectivity index (χ1n) is 5.46. The van der Waals surface area contributed by atoms with Gasteiger partial charge < -0.3 is 10.6 Å². The van der Waals surface area contributed by atoms with E-state index in [0.29, 0.717) is 17.8 Å². The van der Waals surface area contributed by atoms with Crippen molar-refractivity contribution in [3.05, 3.63) is 23.5 Å². The van der Waals surface area contributed by atoms with Crippen molar-refractivity contribution in [3.63, 3.8) is 0 Å². The van der Waals surface area contributed by atoms with Gasteiger partial charge in [-0.25, -0.2) is 4.39 Å². The summed E-state index contributed by atoms with van der Waals surface area (Å²) in [6, 6.07) is 3.13. The van der Waals surface area contributed by atoms with E-state index in [2.05, 4.69) is 10.6 Å². The molecule has 1 aliphatic heterocycles. The third-order valence-corrected chi connectivity index (χ3v) is 3.50. The summed E-state index contributed by atoms with van der Waals surface area (Å²) in [5.41, 5.74) is 1.71. The second-order valence-electron chi connectivity index (χ2n) is 4.73. The minimum Gasteiger partial charge on any atom is -0.382 e. The summed E-state index contributed by atoms with van der Waals surface area (Å²) >= 11 is 0. The van der Waals surface area contributed by atoms with E-state index in [9.17, 15) is 9.18 Å². The molecule has 1 amide bonds. The van der Waals surface area contributed by atoms with Gasteiger partial charge in [-0.2, -0.15) is 0 Å². The molecular formula is C12H13FN2O. The summed E-state index contributed by atoms with van der Waals surface area (Å²) in [5.74, 6) is -0.269. The molecule has 1 aliphatic carbocycles. The van der Waals surface area contributed by atoms with Gasteiger partial charge in [-0.1, -0.05) is 0 Å². The van der Waals surface area contributed by atoms with Crippen molar-refractivity contribution in [3.8, 4) is 0 Å². The molecule has 3 nitrogen and oxygen atoms in total. The lowest BCUT2D eigenvalue weighted by atomic mass is 10.1. The minimum atomic E-state index is -0.285. The SMILES string of the molecule is Cc1cc2c(cc1F)NC(=O)C1(CC1)CN2. The van der Waals surface area contributed by atoms with Gasteiger partial charge in [0.15, 0.2) is 0 Å². The predicted octanol–water partition coefficient (Wildman–Crippen LogP) is 2.28. The molecule has 1 fully saturated rings. The molecule has 2 aliphatic rings. The van der Waals surface area contributed by atoms with Gasteiger partial charge in [0.1, 0.15) is 5.82 Å². The summed E-state index contributed by atoms with van der Waals surface area (Å²) in [6.45, 7) is 2.37. The minimum absolute atomic E-state index is 0.0157. The average molecular weight is 220 g/mol. The molecule has 1 aromatic carbocycles. The predicted molar refractivity (Wildman–Crippen MR) is 59.9 cm³/mol. The van der Waals surface area contributed by atoms with E-state index in [1.54, 1.807) is 13.0 Å². The quantitative estimate of drug-likeness (QED) is 0.704. The number of fused-ring (bicyclic) bond motifs is 1. The topological polar surface area (TPSA) is 41.1 Å². The smallest absolute Gasteiger partial charge is 0.232 e. The largest absolute Gasteiger partial charge is 0.382 e. The maximum absolute atomic E-state index is 13.4. The van der Waals surface area contributed by atoms with Crippen molar-refractivity contribution in [1.29, 1.82) is 0 Å². The van der Waals surface area contributed by atoms with Crippen LogP contribution >= 0.6 is 0 Å². The van der Waals surface area contributed by atoms with Crippen LogP contribution in [0.3, 0.4) is 0 Å². The number of hydrogen-bond acceptors (Lipinski definition) is 2. The molecule has 0 aromatic heterocycles. The van der Waals surface area contributed by atoms with E-state index in [-0.39, 0.29) is 17.1 Å². The zero-order valence-electron chi connectivity index (χ0n) is 9.06. The Kier molecular flexibility index (Phi) is 1.79. The van der Waals surface area contributed by atoms with Crippen molar-refractivity contribution >= 4 is 17.3 Å². The van der Waals surface area contributed by atoms with Crippen molar-refractivity contribution in [2.45, 2.75) is 19.8 Å². The molecule has 0 unspecified atom stereocenters. The van der Waals surface area contributed by atoms with E-state index in [1.165, 1.54) is 6.07 Å². The maximum atomic E-state index is 13.4. The molecule has 1 spiro atoms. The number of carbonyl (C=O) groups excluding carboxylic acids is 1. The van der Waals surface area contributed by atoms with Crippen LogP contribution in [0.4, 0.5) is 15.8 Å². The maximum Gasteiger partial charge on any atom is 0.232 e. The first-order chi connectivity index (χ1) is 7.61. The number of hydrogen-bond donors (Lipinski definition) is 2. The van der Waals surface area contributed by atoms with Crippen molar-refractivity contribution in [2.75, 3.05) is 17.2 Å². The van der Waals surface area contributed by atoms with Crippen LogP contribution in [0.15, 0.2) is 12.1 Å². The zero-order chi connectivity index (χ0) is 11.3. The van der Waals surface area contributed by atoms with E-state index in [1.807, 2.05) is 0 Å². The highest BCUT2D eigenvalue weighted by Gasteiger charge is 2.50. The van der Waals surface area contributed by atoms with Crippen molar-refractivity contribution < 1.29 is 9.18 Å². The van der Waals surface area contributed by atoms with Crippen LogP contribution in [0.25, 0.3) is 0 Å². The number of nitrogens with one attached hydrogen (secondary N) is 2. The Balaban J connectivity index is 2.03. The number of halogens is 1. The molecular weight excluding hydrogens is 207 g/mol. The molecule has 0 radical (unpaired) electrons. The van der Waals surface area contributed by atoms with Crippen molar-refractivity contribution in [1.82, 2.24) is 0 Å². The van der Waals surface area contributed by atoms with E-state index in [0.717, 1.165) is 18.5 Å². The molecule has 0 atom stereocenters. The number of rotatable bonds is 0. The zero-order valence-corrected chi connectivity index (χ0v) is 9.06. The van der Waals surface area contributed by atoms with Gasteiger partial charge in [0, 0.05) is 6.54 Å². The fraction of sp³-hybridized carbons (Fsp3) is 0.417. The first kappa shape index (κ1) is 9.63. The molecule has 4 heteroatoms. The average Bonchev–Trinajstić information content (AvgIpc) is 3.02. The second-order valence-corrected chi connectivity index (χ2v) is 4.73. The van der Waals surface area contributed by atoms with E-state index in [4.69, 9.17) is 0 Å². The van der Waals surface area contributed by atoms with Gasteiger partial charge in [-0.05, 0) is 37.5 Å². The Morgan fingerprint density at radius 1 is 1.31 bits per heavy atom. The lowest BCUT2D eigenvalue weighted by Crippen LogP contribution is -2.27. The Labute approximate surface area is 93.0 Å². The summed E-state index contributed by atoms with van der Waals surface area (Å²) < 4.78 is 13.4. The lowest BCUT2D eigenvalue weighted by molar-refractivity contribution is -0.120. The molecule has 0 saturated heterocycles. The van der Waals surface area contributed by atoms with Crippen LogP contribution in [0.1, 0.15) is 18.4 Å². The van der Waals surface area contributed by atoms with Crippen molar-refractivity contribution in [2.24, 2.45) is 5.41 Å². The molecule has 1 saturated carbocycles. The third-order valence-electron chi connectivity index (χ3n) is 3.50. The summed E-state index contributed by atoms with van der Waals surface area (Å²) in [7, 11) is 0. The Morgan fingerprint density at radius 2 is 2.06 bits per heavy atom. The summed E-state index contributed by atoms with van der Waals surface area (Å²) in [5, 5.41) is 6.03. The molecule has 1 heterocycles. The number of carbonyl (C=O) groups is 1. The molecule has 3 rings (SSSR count). The van der Waals surface area contributed by atoms with Gasteiger partial charge in [0.2, 0.25) is 5.91 Å². The molecule has 84 valence electrons. The number of anilines is 2. The monoisotopic (exact) mass is 220 g/mol. The highest BCUT2D eigenvalue weighted by atomic mass is 19.1. The van der Waals surface area contributed by atoms with Gasteiger partial charge in [0.25, 0.3) is 0 Å². The summed E-state index contributed by atoms with van der Waals surface area (Å²) in [6.07, 6.45) is 1.84. The molecule has 2 N–H and O–H groups in total. The Morgan fingerprint density at radius 3 is 2.75 bits per heavy atom. The lowest BCUT2D eigenvalue weighted by Gasteiger charge is -2.09. The van der Waals surface area contributed by atoms with Crippen LogP contribution in [0, 0.1) is 18.2 Å². The van der Waals surface area contributed by atoms with Crippen LogP contribution in [-0.2, 0) is 4.79 Å². The van der Waals surface area contributed by atoms with E-state index >= 15 is 0 Å². The highest BCUT2D eigenvalue weighted by molar-refractivity contribution is 6.01. The van der Waals surface area contributed by atoms with Crippen LogP contribution in [0.5, 0.6) is 0 Å². The van der Waals surface area contributed by atoms with Gasteiger partial charge in [-0.15, -0.1) is 0 Å². The van der Waals surface area contributed by atoms with Crippen LogP contribution in [0.2, 0.25) is 0 Å². The molecule has 1 aromatic rings. The summed E-state index contributed by atoms with van der Waals surface area (Å²) in [4.78, 5) is 11.9. The Hall–Kier alpha value is -1.58. The highest BCUT2D eigenvalue weighted by Crippen LogP contribution is 2.48. The van der Waals surface area contributed by atoms with E-state index < -0.39 is 0 Å². The van der Waals surface area contributed by atoms with Crippen LogP contribution < -0.4 is 10.6 Å². The normalized spacial score (nSPS) is 20.8. The second kappa shape index (κ2) is 2.97. The van der Waals surface area contributed by atoms with Crippen LogP contribution in [-0.4, -0.2) is 12.5 Å². The third kappa shape index (κ3) is 1.29. The number of benzene rings is 1. The molecule has 0 bridgehead atoms. The fourth-order valence-corrected chi connectivity index (χ4v) is 2.09. The van der Waals surface area contributed by atoms with Gasteiger partial charge >= 0.3 is 0 Å². The fourth-order valence-electron chi connectivity index (χ4n) is 2.09.